The van der Waals surface area contributed by atoms with Gasteiger partial charge in [-0.05, 0) is 30.7 Å². The fourth-order valence-corrected chi connectivity index (χ4v) is 3.92. The lowest BCUT2D eigenvalue weighted by atomic mass is 10.2. The molecule has 0 fully saturated rings. The van der Waals surface area contributed by atoms with E-state index in [4.69, 9.17) is 0 Å². The van der Waals surface area contributed by atoms with Crippen LogP contribution in [0.1, 0.15) is 13.3 Å². The summed E-state index contributed by atoms with van der Waals surface area (Å²) in [5, 5.41) is 0.529. The first-order chi connectivity index (χ1) is 11.1. The van der Waals surface area contributed by atoms with Gasteiger partial charge in [0.05, 0.1) is 12.2 Å². The van der Waals surface area contributed by atoms with Crippen LogP contribution in [0.5, 0.6) is 0 Å². The van der Waals surface area contributed by atoms with Crippen molar-refractivity contribution in [1.29, 1.82) is 0 Å². The molecule has 0 saturated carbocycles. The van der Waals surface area contributed by atoms with Gasteiger partial charge in [0.15, 0.2) is 0 Å². The zero-order valence-electron chi connectivity index (χ0n) is 13.6. The van der Waals surface area contributed by atoms with E-state index in [-0.39, 0.29) is 5.91 Å². The molecule has 0 aliphatic carbocycles. The Balaban J connectivity index is 1.79. The third-order valence-electron chi connectivity index (χ3n) is 4.11. The number of hydrogen-bond donors (Lipinski definition) is 0. The highest BCUT2D eigenvalue weighted by Gasteiger charge is 2.24. The molecule has 4 heteroatoms. The molecule has 0 aromatic heterocycles. The Morgan fingerprint density at radius 1 is 1.17 bits per heavy atom. The Morgan fingerprint density at radius 2 is 1.87 bits per heavy atom. The van der Waals surface area contributed by atoms with E-state index in [9.17, 15) is 4.79 Å². The first-order valence-corrected chi connectivity index (χ1v) is 8.85. The first kappa shape index (κ1) is 15.9. The summed E-state index contributed by atoms with van der Waals surface area (Å²) in [5.41, 5.74) is 2.11. The number of fused-ring (bicyclic) bond motifs is 1. The largest absolute Gasteiger partial charge is 0.365 e. The first-order valence-electron chi connectivity index (χ1n) is 7.97. The van der Waals surface area contributed by atoms with Crippen LogP contribution < -0.4 is 9.80 Å². The Bertz CT molecular complexity index is 674. The zero-order chi connectivity index (χ0) is 16.2. The molecule has 3 rings (SSSR count). The third kappa shape index (κ3) is 3.70. The van der Waals surface area contributed by atoms with Crippen LogP contribution in [0.2, 0.25) is 0 Å². The Kier molecular flexibility index (Phi) is 4.91. The van der Waals surface area contributed by atoms with E-state index in [2.05, 4.69) is 19.1 Å². The van der Waals surface area contributed by atoms with Crippen LogP contribution in [-0.4, -0.2) is 31.3 Å². The number of carbonyl (C=O) groups is 1. The molecule has 1 amide bonds. The molecule has 3 nitrogen and oxygen atoms in total. The van der Waals surface area contributed by atoms with E-state index >= 15 is 0 Å². The number of thioether (sulfide) groups is 1. The summed E-state index contributed by atoms with van der Waals surface area (Å²) in [6.45, 7) is 3.40. The monoisotopic (exact) mass is 326 g/mol. The number of likely N-dealkylation sites (N-methyl/N-ethyl adjacent to an activating group) is 1. The third-order valence-corrected chi connectivity index (χ3v) is 5.35. The summed E-state index contributed by atoms with van der Waals surface area (Å²) >= 11 is 1.86. The normalized spacial score (nSPS) is 17.3. The average Bonchev–Trinajstić information content (AvgIpc) is 2.73. The lowest BCUT2D eigenvalue weighted by Crippen LogP contribution is -2.40. The molecule has 0 saturated heterocycles. The SMILES string of the molecule is C[C@@H]1CCN(C(=O)CN(C)c2ccccc2)c2ccccc2S1. The minimum Gasteiger partial charge on any atom is -0.365 e. The quantitative estimate of drug-likeness (QED) is 0.850. The lowest BCUT2D eigenvalue weighted by Gasteiger charge is -2.26. The Labute approximate surface area is 142 Å². The lowest BCUT2D eigenvalue weighted by molar-refractivity contribution is -0.117. The van der Waals surface area contributed by atoms with E-state index in [0.29, 0.717) is 11.8 Å². The Hall–Kier alpha value is -1.94. The van der Waals surface area contributed by atoms with Crippen molar-refractivity contribution in [2.24, 2.45) is 0 Å². The number of nitrogens with zero attached hydrogens (tertiary/aromatic N) is 2. The van der Waals surface area contributed by atoms with Crippen molar-refractivity contribution < 1.29 is 4.79 Å². The number of amides is 1. The van der Waals surface area contributed by atoms with Crippen molar-refractivity contribution in [3.05, 3.63) is 54.6 Å². The highest BCUT2D eigenvalue weighted by Crippen LogP contribution is 2.37. The molecule has 2 aromatic rings. The molecule has 1 heterocycles. The number of hydrogen-bond acceptors (Lipinski definition) is 3. The van der Waals surface area contributed by atoms with Gasteiger partial charge >= 0.3 is 0 Å². The highest BCUT2D eigenvalue weighted by atomic mass is 32.2. The highest BCUT2D eigenvalue weighted by molar-refractivity contribution is 8.00. The van der Waals surface area contributed by atoms with E-state index in [1.807, 2.05) is 71.1 Å². The topological polar surface area (TPSA) is 23.6 Å². The van der Waals surface area contributed by atoms with E-state index in [1.54, 1.807) is 0 Å². The molecular formula is C19H22N2OS. The summed E-state index contributed by atoms with van der Waals surface area (Å²) < 4.78 is 0. The molecule has 0 bridgehead atoms. The number of benzene rings is 2. The smallest absolute Gasteiger partial charge is 0.246 e. The maximum absolute atomic E-state index is 12.9. The van der Waals surface area contributed by atoms with Crippen LogP contribution in [0.4, 0.5) is 11.4 Å². The average molecular weight is 326 g/mol. The number of para-hydroxylation sites is 2. The fourth-order valence-electron chi connectivity index (χ4n) is 2.81. The van der Waals surface area contributed by atoms with E-state index in [1.165, 1.54) is 4.90 Å². The van der Waals surface area contributed by atoms with Crippen LogP contribution in [0, 0.1) is 0 Å². The summed E-state index contributed by atoms with van der Waals surface area (Å²) in [5.74, 6) is 0.151. The van der Waals surface area contributed by atoms with Gasteiger partial charge in [0.2, 0.25) is 5.91 Å². The summed E-state index contributed by atoms with van der Waals surface area (Å²) in [6, 6.07) is 18.3. The van der Waals surface area contributed by atoms with Crippen LogP contribution in [-0.2, 0) is 4.79 Å². The molecule has 1 aliphatic rings. The maximum Gasteiger partial charge on any atom is 0.246 e. The predicted molar refractivity (Wildman–Crippen MR) is 98.4 cm³/mol. The van der Waals surface area contributed by atoms with Gasteiger partial charge in [-0.15, -0.1) is 11.8 Å². The number of anilines is 2. The molecule has 2 aromatic carbocycles. The van der Waals surface area contributed by atoms with Gasteiger partial charge in [-0.25, -0.2) is 0 Å². The van der Waals surface area contributed by atoms with E-state index < -0.39 is 0 Å². The van der Waals surface area contributed by atoms with Gasteiger partial charge in [0.25, 0.3) is 0 Å². The van der Waals surface area contributed by atoms with Crippen LogP contribution >= 0.6 is 11.8 Å². The Morgan fingerprint density at radius 3 is 2.65 bits per heavy atom. The zero-order valence-corrected chi connectivity index (χ0v) is 14.4. The summed E-state index contributed by atoms with van der Waals surface area (Å²) in [4.78, 5) is 18.0. The number of rotatable bonds is 3. The predicted octanol–water partition coefficient (Wildman–Crippen LogP) is 4.04. The van der Waals surface area contributed by atoms with Gasteiger partial charge < -0.3 is 9.80 Å². The van der Waals surface area contributed by atoms with Gasteiger partial charge in [0, 0.05) is 29.4 Å². The van der Waals surface area contributed by atoms with Crippen molar-refractivity contribution in [3.8, 4) is 0 Å². The number of carbonyl (C=O) groups excluding carboxylic acids is 1. The van der Waals surface area contributed by atoms with Gasteiger partial charge in [0.1, 0.15) is 0 Å². The van der Waals surface area contributed by atoms with Gasteiger partial charge in [-0.1, -0.05) is 37.3 Å². The molecule has 23 heavy (non-hydrogen) atoms. The summed E-state index contributed by atoms with van der Waals surface area (Å²) in [7, 11) is 1.97. The molecule has 0 unspecified atom stereocenters. The van der Waals surface area contributed by atoms with Crippen LogP contribution in [0.15, 0.2) is 59.5 Å². The second-order valence-corrected chi connectivity index (χ2v) is 7.40. The van der Waals surface area contributed by atoms with E-state index in [0.717, 1.165) is 24.3 Å². The maximum atomic E-state index is 12.9. The van der Waals surface area contributed by atoms with Crippen molar-refractivity contribution >= 4 is 29.0 Å². The molecule has 0 spiro atoms. The molecule has 1 aliphatic heterocycles. The second kappa shape index (κ2) is 7.09. The fraction of sp³-hybridized carbons (Fsp3) is 0.316. The van der Waals surface area contributed by atoms with Crippen LogP contribution in [0.3, 0.4) is 0 Å². The van der Waals surface area contributed by atoms with Crippen molar-refractivity contribution in [2.75, 3.05) is 29.9 Å². The second-order valence-electron chi connectivity index (χ2n) is 5.92. The standard InChI is InChI=1S/C19H22N2OS/c1-15-12-13-21(17-10-6-7-11-18(17)23-15)19(22)14-20(2)16-8-4-3-5-9-16/h3-11,15H,12-14H2,1-2H3/t15-/m1/s1. The molecule has 120 valence electrons. The summed E-state index contributed by atoms with van der Waals surface area (Å²) in [6.07, 6.45) is 1.01. The minimum absolute atomic E-state index is 0.151. The van der Waals surface area contributed by atoms with Crippen molar-refractivity contribution in [3.63, 3.8) is 0 Å². The van der Waals surface area contributed by atoms with Crippen molar-refractivity contribution in [2.45, 2.75) is 23.5 Å². The minimum atomic E-state index is 0.151. The molecule has 0 radical (unpaired) electrons. The van der Waals surface area contributed by atoms with Gasteiger partial charge in [-0.3, -0.25) is 4.79 Å². The molecule has 0 N–H and O–H groups in total. The van der Waals surface area contributed by atoms with Gasteiger partial charge in [-0.2, -0.15) is 0 Å². The van der Waals surface area contributed by atoms with Crippen LogP contribution in [0.25, 0.3) is 0 Å². The molecular weight excluding hydrogens is 304 g/mol. The van der Waals surface area contributed by atoms with Crippen molar-refractivity contribution in [1.82, 2.24) is 0 Å². The molecule has 1 atom stereocenters.